The third kappa shape index (κ3) is 5.68. The SMILES string of the molecule is C=CCOc1ccc(Br)cc1/C=c1\sc2n(c1=O)C(c1ccccc1OC(C)C)C(C(=O)OCC)=C(C)N=2. The Morgan fingerprint density at radius 1 is 1.24 bits per heavy atom. The molecule has 3 aromatic rings. The average molecular weight is 598 g/mol. The van der Waals surface area contributed by atoms with Crippen LogP contribution in [0.1, 0.15) is 44.9 Å². The van der Waals surface area contributed by atoms with Crippen LogP contribution < -0.4 is 24.4 Å². The lowest BCUT2D eigenvalue weighted by molar-refractivity contribution is -0.139. The first-order valence-corrected chi connectivity index (χ1v) is 13.8. The van der Waals surface area contributed by atoms with E-state index >= 15 is 0 Å². The molecule has 1 aromatic heterocycles. The summed E-state index contributed by atoms with van der Waals surface area (Å²) in [4.78, 5) is 32.3. The molecule has 38 heavy (non-hydrogen) atoms. The van der Waals surface area contributed by atoms with Crippen molar-refractivity contribution < 1.29 is 19.0 Å². The number of carbonyl (C=O) groups is 1. The minimum Gasteiger partial charge on any atom is -0.491 e. The first kappa shape index (κ1) is 27.6. The monoisotopic (exact) mass is 596 g/mol. The van der Waals surface area contributed by atoms with Gasteiger partial charge in [0.25, 0.3) is 5.56 Å². The molecule has 1 unspecified atom stereocenters. The fourth-order valence-electron chi connectivity index (χ4n) is 4.21. The Hall–Kier alpha value is -3.43. The highest BCUT2D eigenvalue weighted by molar-refractivity contribution is 9.10. The molecule has 0 saturated carbocycles. The fraction of sp³-hybridized carbons (Fsp3) is 0.276. The van der Waals surface area contributed by atoms with Crippen LogP contribution in [-0.4, -0.2) is 29.9 Å². The number of rotatable bonds is 9. The number of hydrogen-bond donors (Lipinski definition) is 0. The maximum Gasteiger partial charge on any atom is 0.338 e. The predicted molar refractivity (Wildman–Crippen MR) is 152 cm³/mol. The maximum absolute atomic E-state index is 14.0. The molecule has 0 radical (unpaired) electrons. The van der Waals surface area contributed by atoms with E-state index in [0.29, 0.717) is 44.3 Å². The minimum atomic E-state index is -0.763. The summed E-state index contributed by atoms with van der Waals surface area (Å²) in [5, 5.41) is 0. The summed E-state index contributed by atoms with van der Waals surface area (Å²) < 4.78 is 20.2. The number of carbonyl (C=O) groups excluding carboxylic acids is 1. The second-order valence-corrected chi connectivity index (χ2v) is 10.7. The van der Waals surface area contributed by atoms with Crippen molar-refractivity contribution in [3.8, 4) is 11.5 Å². The molecule has 1 aliphatic heterocycles. The smallest absolute Gasteiger partial charge is 0.338 e. The molecule has 2 aromatic carbocycles. The van der Waals surface area contributed by atoms with E-state index in [4.69, 9.17) is 14.2 Å². The lowest BCUT2D eigenvalue weighted by Gasteiger charge is -2.26. The molecular weight excluding hydrogens is 568 g/mol. The van der Waals surface area contributed by atoms with E-state index in [2.05, 4.69) is 27.5 Å². The second-order valence-electron chi connectivity index (χ2n) is 8.79. The molecule has 0 aliphatic carbocycles. The van der Waals surface area contributed by atoms with Gasteiger partial charge in [0, 0.05) is 15.6 Å². The van der Waals surface area contributed by atoms with Gasteiger partial charge in [-0.25, -0.2) is 9.79 Å². The molecule has 7 nitrogen and oxygen atoms in total. The van der Waals surface area contributed by atoms with Crippen molar-refractivity contribution >= 4 is 39.3 Å². The Kier molecular flexibility index (Phi) is 8.69. The van der Waals surface area contributed by atoms with Crippen molar-refractivity contribution in [3.63, 3.8) is 0 Å². The number of nitrogens with zero attached hydrogens (tertiary/aromatic N) is 2. The number of halogens is 1. The molecule has 1 aliphatic rings. The summed E-state index contributed by atoms with van der Waals surface area (Å²) in [5.74, 6) is 0.694. The lowest BCUT2D eigenvalue weighted by Crippen LogP contribution is -2.40. The summed E-state index contributed by atoms with van der Waals surface area (Å²) in [6, 6.07) is 12.3. The fourth-order valence-corrected chi connectivity index (χ4v) is 5.62. The minimum absolute atomic E-state index is 0.103. The van der Waals surface area contributed by atoms with Gasteiger partial charge in [0.2, 0.25) is 0 Å². The zero-order valence-corrected chi connectivity index (χ0v) is 24.1. The molecular formula is C29H29BrN2O5S. The third-order valence-electron chi connectivity index (χ3n) is 5.71. The second kappa shape index (κ2) is 12.0. The zero-order chi connectivity index (χ0) is 27.4. The van der Waals surface area contributed by atoms with E-state index < -0.39 is 12.0 Å². The topological polar surface area (TPSA) is 79.1 Å². The van der Waals surface area contributed by atoms with Gasteiger partial charge >= 0.3 is 5.97 Å². The van der Waals surface area contributed by atoms with Crippen LogP contribution in [0.3, 0.4) is 0 Å². The molecule has 4 rings (SSSR count). The number of benzene rings is 2. The van der Waals surface area contributed by atoms with Gasteiger partial charge in [0.05, 0.1) is 28.5 Å². The van der Waals surface area contributed by atoms with Crippen LogP contribution in [-0.2, 0) is 9.53 Å². The van der Waals surface area contributed by atoms with Crippen LogP contribution in [0.25, 0.3) is 6.08 Å². The number of fused-ring (bicyclic) bond motifs is 1. The van der Waals surface area contributed by atoms with Crippen molar-refractivity contribution in [2.45, 2.75) is 39.8 Å². The van der Waals surface area contributed by atoms with Gasteiger partial charge in [-0.3, -0.25) is 9.36 Å². The summed E-state index contributed by atoms with van der Waals surface area (Å²) in [6.07, 6.45) is 3.34. The third-order valence-corrected chi connectivity index (χ3v) is 7.18. The number of aromatic nitrogens is 1. The number of allylic oxidation sites excluding steroid dienone is 1. The lowest BCUT2D eigenvalue weighted by atomic mass is 9.95. The van der Waals surface area contributed by atoms with Crippen molar-refractivity contribution in [2.24, 2.45) is 4.99 Å². The standard InChI is InChI=1S/C29H29BrN2O5S/c1-6-14-36-22-13-12-20(30)15-19(22)16-24-27(33)32-26(21-10-8-9-11-23(21)37-17(3)4)25(28(34)35-7-2)18(5)31-29(32)38-24/h6,8-13,15-17,26H,1,7,14H2,2-5H3/b24-16-. The van der Waals surface area contributed by atoms with Crippen LogP contribution in [0, 0.1) is 0 Å². The van der Waals surface area contributed by atoms with Crippen molar-refractivity contribution in [2.75, 3.05) is 13.2 Å². The number of ether oxygens (including phenoxy) is 3. The van der Waals surface area contributed by atoms with Crippen LogP contribution in [0.5, 0.6) is 11.5 Å². The van der Waals surface area contributed by atoms with Gasteiger partial charge in [-0.15, -0.1) is 0 Å². The molecule has 0 spiro atoms. The maximum atomic E-state index is 14.0. The van der Waals surface area contributed by atoms with E-state index in [0.717, 1.165) is 10.0 Å². The summed E-state index contributed by atoms with van der Waals surface area (Å²) >= 11 is 4.76. The molecule has 0 bridgehead atoms. The Bertz CT molecular complexity index is 1580. The summed E-state index contributed by atoms with van der Waals surface area (Å²) in [7, 11) is 0. The van der Waals surface area contributed by atoms with Crippen LogP contribution in [0.2, 0.25) is 0 Å². The molecule has 9 heteroatoms. The van der Waals surface area contributed by atoms with Gasteiger partial charge in [-0.05, 0) is 58.0 Å². The van der Waals surface area contributed by atoms with E-state index in [1.54, 1.807) is 30.6 Å². The van der Waals surface area contributed by atoms with Crippen molar-refractivity contribution in [1.82, 2.24) is 4.57 Å². The average Bonchev–Trinajstić information content (AvgIpc) is 3.17. The first-order chi connectivity index (χ1) is 18.2. The Morgan fingerprint density at radius 2 is 2.00 bits per heavy atom. The van der Waals surface area contributed by atoms with Gasteiger partial charge in [0.1, 0.15) is 24.1 Å². The highest BCUT2D eigenvalue weighted by Crippen LogP contribution is 2.36. The predicted octanol–water partition coefficient (Wildman–Crippen LogP) is 4.91. The first-order valence-electron chi connectivity index (χ1n) is 12.2. The molecule has 0 N–H and O–H groups in total. The van der Waals surface area contributed by atoms with Gasteiger partial charge < -0.3 is 14.2 Å². The number of esters is 1. The summed E-state index contributed by atoms with van der Waals surface area (Å²) in [5.41, 5.74) is 1.94. The Morgan fingerprint density at radius 3 is 2.71 bits per heavy atom. The van der Waals surface area contributed by atoms with Crippen LogP contribution in [0.4, 0.5) is 0 Å². The Labute approximate surface area is 233 Å². The van der Waals surface area contributed by atoms with Gasteiger partial charge in [-0.1, -0.05) is 58.1 Å². The van der Waals surface area contributed by atoms with Gasteiger partial charge in [-0.2, -0.15) is 0 Å². The van der Waals surface area contributed by atoms with E-state index in [9.17, 15) is 9.59 Å². The number of hydrogen-bond acceptors (Lipinski definition) is 7. The highest BCUT2D eigenvalue weighted by Gasteiger charge is 2.35. The van der Waals surface area contributed by atoms with E-state index in [1.807, 2.05) is 56.3 Å². The largest absolute Gasteiger partial charge is 0.491 e. The van der Waals surface area contributed by atoms with Crippen LogP contribution in [0.15, 0.2) is 80.6 Å². The number of thiazole rings is 1. The van der Waals surface area contributed by atoms with Crippen LogP contribution >= 0.6 is 27.3 Å². The molecule has 0 saturated heterocycles. The molecule has 0 amide bonds. The normalized spacial score (nSPS) is 15.2. The van der Waals surface area contributed by atoms with E-state index in [-0.39, 0.29) is 18.3 Å². The molecule has 198 valence electrons. The van der Waals surface area contributed by atoms with Crippen molar-refractivity contribution in [3.05, 3.63) is 102 Å². The van der Waals surface area contributed by atoms with Crippen molar-refractivity contribution in [1.29, 1.82) is 0 Å². The molecule has 2 heterocycles. The number of para-hydroxylation sites is 1. The summed E-state index contributed by atoms with van der Waals surface area (Å²) in [6.45, 7) is 11.6. The molecule has 0 fully saturated rings. The quantitative estimate of drug-likeness (QED) is 0.259. The molecule has 1 atom stereocenters. The van der Waals surface area contributed by atoms with E-state index in [1.165, 1.54) is 11.3 Å². The Balaban J connectivity index is 1.97. The van der Waals surface area contributed by atoms with Gasteiger partial charge in [0.15, 0.2) is 4.80 Å². The zero-order valence-electron chi connectivity index (χ0n) is 21.7. The highest BCUT2D eigenvalue weighted by atomic mass is 79.9.